The number of Topliss-reactive ketones (excluding diaryl/α,β-unsaturated/α-hetero) is 1. The number of nitrogens with zero attached hydrogens (tertiary/aromatic N) is 1. The van der Waals surface area contributed by atoms with Crippen LogP contribution in [0, 0.1) is 23.7 Å². The van der Waals surface area contributed by atoms with Gasteiger partial charge in [0, 0.05) is 37.8 Å². The van der Waals surface area contributed by atoms with Gasteiger partial charge in [0.25, 0.3) is 0 Å². The monoisotopic (exact) mass is 631 g/mol. The molecule has 2 saturated heterocycles. The summed E-state index contributed by atoms with van der Waals surface area (Å²) in [7, 11) is 5.20. The van der Waals surface area contributed by atoms with Crippen molar-refractivity contribution in [3.8, 4) is 0 Å². The van der Waals surface area contributed by atoms with Crippen LogP contribution in [0.15, 0.2) is 0 Å². The molecule has 3 N–H and O–H groups in total. The van der Waals surface area contributed by atoms with Crippen LogP contribution in [0.4, 0.5) is 0 Å². The fourth-order valence-electron chi connectivity index (χ4n) is 6.97. The van der Waals surface area contributed by atoms with E-state index in [1.165, 1.54) is 27.9 Å². The molecule has 0 radical (unpaired) electrons. The lowest BCUT2D eigenvalue weighted by molar-refractivity contribution is -0.301. The molecule has 0 bridgehead atoms. The first kappa shape index (κ1) is 38.5. The Labute approximate surface area is 262 Å². The predicted octanol–water partition coefficient (Wildman–Crippen LogP) is 2.09. The number of hydrogen-bond acceptors (Lipinski definition) is 12. The van der Waals surface area contributed by atoms with Gasteiger partial charge in [0.05, 0.1) is 29.8 Å². The number of esters is 2. The summed E-state index contributed by atoms with van der Waals surface area (Å²) in [5, 5.41) is 33.9. The van der Waals surface area contributed by atoms with Crippen molar-refractivity contribution in [2.45, 2.75) is 142 Å². The molecule has 2 aliphatic rings. The van der Waals surface area contributed by atoms with Crippen molar-refractivity contribution >= 4 is 17.7 Å². The van der Waals surface area contributed by atoms with Gasteiger partial charge in [0.15, 0.2) is 6.29 Å². The lowest BCUT2D eigenvalue weighted by Crippen LogP contribution is -2.60. The summed E-state index contributed by atoms with van der Waals surface area (Å²) in [6.45, 7) is 14.5. The standard InChI is InChI=1S/C32H57NO11/c1-13-23-32(9,39)27(37)18(4)24(35)16(2)15-31(8,40-12)28(19(5)26(42-21(7)34)20(6)29(38)43-23)44-30-25(36)22(33(10)11)14-17(3)41-30/h16-20,22-23,25-28,30,36-37,39H,13-15H2,1-12H3/t16-,17-,18+,19+,20-,22+,23-,25-,26+,27-,28-,30+,31-,32-/m1/s1. The summed E-state index contributed by atoms with van der Waals surface area (Å²) in [5.41, 5.74) is -3.19. The molecular weight excluding hydrogens is 574 g/mol. The lowest BCUT2D eigenvalue weighted by atomic mass is 9.74. The maximum atomic E-state index is 13.7. The lowest BCUT2D eigenvalue weighted by Gasteiger charge is -2.48. The number of methoxy groups -OCH3 is 1. The van der Waals surface area contributed by atoms with E-state index in [1.807, 2.05) is 25.9 Å². The molecule has 12 heteroatoms. The van der Waals surface area contributed by atoms with E-state index < -0.39 is 83.6 Å². The number of rotatable bonds is 6. The molecule has 12 nitrogen and oxygen atoms in total. The van der Waals surface area contributed by atoms with Gasteiger partial charge in [0.1, 0.15) is 29.7 Å². The van der Waals surface area contributed by atoms with Gasteiger partial charge in [0.2, 0.25) is 0 Å². The van der Waals surface area contributed by atoms with Crippen molar-refractivity contribution in [3.05, 3.63) is 0 Å². The van der Waals surface area contributed by atoms with E-state index in [0.717, 1.165) is 0 Å². The second-order valence-corrected chi connectivity index (χ2v) is 13.7. The van der Waals surface area contributed by atoms with Crippen LogP contribution in [-0.2, 0) is 38.1 Å². The zero-order valence-corrected chi connectivity index (χ0v) is 28.6. The number of aliphatic hydroxyl groups excluding tert-OH is 2. The third-order valence-corrected chi connectivity index (χ3v) is 9.79. The number of ketones is 1. The van der Waals surface area contributed by atoms with E-state index in [0.29, 0.717) is 6.42 Å². The van der Waals surface area contributed by atoms with Gasteiger partial charge in [-0.25, -0.2) is 0 Å². The Morgan fingerprint density at radius 3 is 2.16 bits per heavy atom. The fourth-order valence-corrected chi connectivity index (χ4v) is 6.97. The first-order valence-electron chi connectivity index (χ1n) is 15.8. The SMILES string of the molecule is CC[C@H]1OC(=O)[C@H](C)[C@@H](OC(C)=O)[C@H](C)[C@@H](O[C@@H]2O[C@H](C)C[C@H](N(C)C)[C@H]2O)[C@](C)(OC)C[C@@H](C)C(=O)[C@H](C)[C@@H](O)[C@]1(C)O. The highest BCUT2D eigenvalue weighted by Crippen LogP contribution is 2.40. The van der Waals surface area contributed by atoms with Crippen LogP contribution in [0.1, 0.15) is 81.6 Å². The van der Waals surface area contributed by atoms with Crippen LogP contribution in [0.2, 0.25) is 0 Å². The number of carbonyl (C=O) groups is 3. The van der Waals surface area contributed by atoms with Crippen LogP contribution >= 0.6 is 0 Å². The van der Waals surface area contributed by atoms with Crippen molar-refractivity contribution in [1.29, 1.82) is 0 Å². The number of ether oxygens (including phenoxy) is 5. The Balaban J connectivity index is 2.73. The number of likely N-dealkylation sites (N-methyl/N-ethyl adjacent to an activating group) is 1. The van der Waals surface area contributed by atoms with Gasteiger partial charge < -0.3 is 43.9 Å². The normalized spacial score (nSPS) is 45.0. The van der Waals surface area contributed by atoms with E-state index in [1.54, 1.807) is 34.6 Å². The number of cyclic esters (lactones) is 1. The van der Waals surface area contributed by atoms with E-state index in [2.05, 4.69) is 0 Å². The third-order valence-electron chi connectivity index (χ3n) is 9.79. The quantitative estimate of drug-likeness (QED) is 0.367. The van der Waals surface area contributed by atoms with E-state index in [-0.39, 0.29) is 30.8 Å². The molecule has 0 aliphatic carbocycles. The molecule has 44 heavy (non-hydrogen) atoms. The Morgan fingerprint density at radius 1 is 1.07 bits per heavy atom. The summed E-state index contributed by atoms with van der Waals surface area (Å²) < 4.78 is 30.3. The Kier molecular flexibility index (Phi) is 13.4. The molecule has 0 saturated carbocycles. The minimum Gasteiger partial charge on any atom is -0.461 e. The minimum atomic E-state index is -1.95. The zero-order valence-electron chi connectivity index (χ0n) is 28.6. The van der Waals surface area contributed by atoms with Crippen molar-refractivity contribution in [2.24, 2.45) is 23.7 Å². The Hall–Kier alpha value is -1.67. The van der Waals surface area contributed by atoms with Gasteiger partial charge in [-0.3, -0.25) is 14.4 Å². The molecule has 14 atom stereocenters. The summed E-state index contributed by atoms with van der Waals surface area (Å²) in [6, 6.07) is -0.272. The smallest absolute Gasteiger partial charge is 0.312 e. The third kappa shape index (κ3) is 8.37. The van der Waals surface area contributed by atoms with Crippen LogP contribution in [0.25, 0.3) is 0 Å². The van der Waals surface area contributed by atoms with Gasteiger partial charge in [-0.05, 0) is 61.1 Å². The van der Waals surface area contributed by atoms with Crippen molar-refractivity contribution < 1.29 is 53.4 Å². The molecule has 0 unspecified atom stereocenters. The van der Waals surface area contributed by atoms with E-state index >= 15 is 0 Å². The van der Waals surface area contributed by atoms with E-state index in [4.69, 9.17) is 23.7 Å². The zero-order chi connectivity index (χ0) is 33.9. The highest BCUT2D eigenvalue weighted by molar-refractivity contribution is 5.83. The highest BCUT2D eigenvalue weighted by Gasteiger charge is 2.52. The van der Waals surface area contributed by atoms with E-state index in [9.17, 15) is 29.7 Å². The van der Waals surface area contributed by atoms with Crippen LogP contribution in [0.3, 0.4) is 0 Å². The fraction of sp³-hybridized carbons (Fsp3) is 0.906. The minimum absolute atomic E-state index is 0.106. The molecule has 2 heterocycles. The molecule has 0 aromatic rings. The van der Waals surface area contributed by atoms with Crippen LogP contribution in [-0.4, -0.2) is 119 Å². The second kappa shape index (κ2) is 15.3. The number of hydrogen-bond donors (Lipinski definition) is 3. The van der Waals surface area contributed by atoms with Gasteiger partial charge in [-0.1, -0.05) is 27.7 Å². The Morgan fingerprint density at radius 2 is 1.66 bits per heavy atom. The second-order valence-electron chi connectivity index (χ2n) is 13.7. The van der Waals surface area contributed by atoms with Crippen LogP contribution < -0.4 is 0 Å². The summed E-state index contributed by atoms with van der Waals surface area (Å²) >= 11 is 0. The molecule has 2 rings (SSSR count). The maximum absolute atomic E-state index is 13.7. The first-order chi connectivity index (χ1) is 20.2. The molecular formula is C32H57NO11. The molecule has 0 amide bonds. The average molecular weight is 632 g/mol. The summed E-state index contributed by atoms with van der Waals surface area (Å²) in [6.07, 6.45) is -6.32. The van der Waals surface area contributed by atoms with Gasteiger partial charge in [-0.15, -0.1) is 0 Å². The van der Waals surface area contributed by atoms with Crippen molar-refractivity contribution in [1.82, 2.24) is 4.90 Å². The summed E-state index contributed by atoms with van der Waals surface area (Å²) in [5.74, 6) is -5.20. The average Bonchev–Trinajstić information content (AvgIpc) is 2.95. The van der Waals surface area contributed by atoms with Crippen molar-refractivity contribution in [2.75, 3.05) is 21.2 Å². The first-order valence-corrected chi connectivity index (χ1v) is 15.8. The summed E-state index contributed by atoms with van der Waals surface area (Å²) in [4.78, 5) is 41.6. The Bertz CT molecular complexity index is 989. The molecule has 0 spiro atoms. The largest absolute Gasteiger partial charge is 0.461 e. The topological polar surface area (TPSA) is 161 Å². The highest BCUT2D eigenvalue weighted by atomic mass is 16.7. The molecule has 256 valence electrons. The predicted molar refractivity (Wildman–Crippen MR) is 161 cm³/mol. The van der Waals surface area contributed by atoms with Gasteiger partial charge >= 0.3 is 11.9 Å². The van der Waals surface area contributed by atoms with Crippen molar-refractivity contribution in [3.63, 3.8) is 0 Å². The number of aliphatic hydroxyl groups is 3. The number of carbonyl (C=O) groups excluding carboxylic acids is 3. The van der Waals surface area contributed by atoms with Gasteiger partial charge in [-0.2, -0.15) is 0 Å². The molecule has 2 fully saturated rings. The van der Waals surface area contributed by atoms with Crippen LogP contribution in [0.5, 0.6) is 0 Å². The maximum Gasteiger partial charge on any atom is 0.312 e. The molecule has 2 aliphatic heterocycles. The molecule has 0 aromatic carbocycles. The molecule has 0 aromatic heterocycles.